The Morgan fingerprint density at radius 3 is 2.48 bits per heavy atom. The van der Waals surface area contributed by atoms with Crippen LogP contribution in [0.15, 0.2) is 12.1 Å². The largest absolute Gasteiger partial charge is 0.352 e. The monoisotopic (exact) mass is 311 g/mol. The predicted molar refractivity (Wildman–Crippen MR) is 83.5 cm³/mol. The molecule has 0 unspecified atom stereocenters. The molecule has 0 radical (unpaired) electrons. The van der Waals surface area contributed by atoms with Crippen LogP contribution in [-0.4, -0.2) is 41.3 Å². The van der Waals surface area contributed by atoms with Gasteiger partial charge in [0.2, 0.25) is 5.91 Å². The lowest BCUT2D eigenvalue weighted by molar-refractivity contribution is -0.130. The maximum Gasteiger partial charge on any atom is 0.251 e. The second-order valence-corrected chi connectivity index (χ2v) is 4.98. The van der Waals surface area contributed by atoms with Crippen molar-refractivity contribution >= 4 is 23.4 Å². The first-order valence-corrected chi connectivity index (χ1v) is 7.62. The van der Waals surface area contributed by atoms with E-state index in [1.165, 1.54) is 6.07 Å². The summed E-state index contributed by atoms with van der Waals surface area (Å²) < 4.78 is 0. The van der Waals surface area contributed by atoms with E-state index in [0.29, 0.717) is 43.2 Å². The van der Waals surface area contributed by atoms with E-state index in [2.05, 4.69) is 10.3 Å². The Morgan fingerprint density at radius 2 is 1.90 bits per heavy atom. The molecule has 1 rings (SSSR count). The quantitative estimate of drug-likeness (QED) is 0.786. The molecule has 1 heterocycles. The zero-order valence-corrected chi connectivity index (χ0v) is 13.5. The lowest BCUT2D eigenvalue weighted by atomic mass is 10.2. The van der Waals surface area contributed by atoms with Crippen molar-refractivity contribution in [2.45, 2.75) is 33.6 Å². The summed E-state index contributed by atoms with van der Waals surface area (Å²) in [5, 5.41) is 3.04. The highest BCUT2D eigenvalue weighted by molar-refractivity contribution is 6.29. The lowest BCUT2D eigenvalue weighted by Gasteiger charge is -2.18. The number of nitrogens with one attached hydrogen (secondary N) is 1. The van der Waals surface area contributed by atoms with Crippen molar-refractivity contribution in [2.24, 2.45) is 0 Å². The molecule has 0 saturated carbocycles. The van der Waals surface area contributed by atoms with E-state index in [1.54, 1.807) is 11.0 Å². The average molecular weight is 312 g/mol. The van der Waals surface area contributed by atoms with Crippen LogP contribution in [0.4, 0.5) is 0 Å². The van der Waals surface area contributed by atoms with Gasteiger partial charge in [-0.3, -0.25) is 9.59 Å². The number of carbonyl (C=O) groups is 2. The number of aromatic nitrogens is 1. The van der Waals surface area contributed by atoms with E-state index in [4.69, 9.17) is 11.6 Å². The molecule has 2 amide bonds. The van der Waals surface area contributed by atoms with Crippen molar-refractivity contribution in [3.63, 3.8) is 0 Å². The Labute approximate surface area is 130 Å². The molecule has 0 fully saturated rings. The van der Waals surface area contributed by atoms with Gasteiger partial charge < -0.3 is 10.2 Å². The Bertz CT molecular complexity index is 502. The normalized spacial score (nSPS) is 10.3. The predicted octanol–water partition coefficient (Wildman–Crippen LogP) is 2.29. The number of nitrogens with zero attached hydrogens (tertiary/aromatic N) is 2. The minimum absolute atomic E-state index is 0.0438. The van der Waals surface area contributed by atoms with Crippen LogP contribution in [0.3, 0.4) is 0 Å². The van der Waals surface area contributed by atoms with Crippen LogP contribution in [0.1, 0.15) is 43.2 Å². The number of pyridine rings is 1. The van der Waals surface area contributed by atoms with Gasteiger partial charge in [-0.25, -0.2) is 4.98 Å². The van der Waals surface area contributed by atoms with Gasteiger partial charge in [-0.1, -0.05) is 18.5 Å². The number of carbonyl (C=O) groups excluding carboxylic acids is 2. The minimum Gasteiger partial charge on any atom is -0.352 e. The minimum atomic E-state index is -0.235. The van der Waals surface area contributed by atoms with Crippen LogP contribution in [0.5, 0.6) is 0 Å². The highest BCUT2D eigenvalue weighted by Crippen LogP contribution is 2.11. The molecule has 1 aromatic heterocycles. The molecule has 0 aliphatic rings. The number of halogens is 1. The van der Waals surface area contributed by atoms with Crippen LogP contribution in [0.2, 0.25) is 5.15 Å². The molecule has 1 N–H and O–H groups in total. The molecule has 1 aromatic rings. The van der Waals surface area contributed by atoms with Gasteiger partial charge in [0, 0.05) is 37.3 Å². The highest BCUT2D eigenvalue weighted by atomic mass is 35.5. The van der Waals surface area contributed by atoms with Crippen LogP contribution >= 0.6 is 11.6 Å². The zero-order chi connectivity index (χ0) is 15.8. The van der Waals surface area contributed by atoms with Gasteiger partial charge >= 0.3 is 0 Å². The molecule has 5 nitrogen and oxygen atoms in total. The van der Waals surface area contributed by atoms with Crippen LogP contribution < -0.4 is 5.32 Å². The summed E-state index contributed by atoms with van der Waals surface area (Å²) in [7, 11) is 0. The Morgan fingerprint density at radius 1 is 1.24 bits per heavy atom. The summed E-state index contributed by atoms with van der Waals surface area (Å²) in [6.45, 7) is 7.50. The second-order valence-electron chi connectivity index (χ2n) is 4.60. The van der Waals surface area contributed by atoms with E-state index >= 15 is 0 Å². The summed E-state index contributed by atoms with van der Waals surface area (Å²) >= 11 is 5.88. The number of aryl methyl sites for hydroxylation is 1. The molecule has 6 heteroatoms. The van der Waals surface area contributed by atoms with Gasteiger partial charge in [0.15, 0.2) is 0 Å². The van der Waals surface area contributed by atoms with E-state index in [0.717, 1.165) is 5.69 Å². The molecule has 0 aliphatic carbocycles. The summed E-state index contributed by atoms with van der Waals surface area (Å²) in [6.07, 6.45) is 1.01. The van der Waals surface area contributed by atoms with E-state index in [1.807, 2.05) is 20.8 Å². The lowest BCUT2D eigenvalue weighted by Crippen LogP contribution is -2.34. The van der Waals surface area contributed by atoms with Gasteiger partial charge in [-0.2, -0.15) is 0 Å². The number of rotatable bonds is 7. The fraction of sp³-hybridized carbons (Fsp3) is 0.533. The molecule has 0 aromatic carbocycles. The van der Waals surface area contributed by atoms with E-state index in [-0.39, 0.29) is 11.8 Å². The standard InChI is InChI=1S/C15H22ClN3O2/c1-4-12-9-11(10-13(16)18-12)15(21)17-8-7-14(20)19(5-2)6-3/h9-10H,4-8H2,1-3H3,(H,17,21). The summed E-state index contributed by atoms with van der Waals surface area (Å²) in [6, 6.07) is 3.25. The van der Waals surface area contributed by atoms with Crippen molar-refractivity contribution in [2.75, 3.05) is 19.6 Å². The van der Waals surface area contributed by atoms with E-state index < -0.39 is 0 Å². The van der Waals surface area contributed by atoms with Crippen LogP contribution in [0.25, 0.3) is 0 Å². The van der Waals surface area contributed by atoms with Crippen molar-refractivity contribution < 1.29 is 9.59 Å². The number of hydrogen-bond acceptors (Lipinski definition) is 3. The van der Waals surface area contributed by atoms with Crippen LogP contribution in [0, 0.1) is 0 Å². The van der Waals surface area contributed by atoms with Gasteiger partial charge in [0.25, 0.3) is 5.91 Å². The topological polar surface area (TPSA) is 62.3 Å². The second kappa shape index (κ2) is 8.62. The van der Waals surface area contributed by atoms with Gasteiger partial charge in [-0.15, -0.1) is 0 Å². The molecule has 0 atom stereocenters. The van der Waals surface area contributed by atoms with Crippen LogP contribution in [-0.2, 0) is 11.2 Å². The fourth-order valence-electron chi connectivity index (χ4n) is 1.98. The smallest absolute Gasteiger partial charge is 0.251 e. The third-order valence-electron chi connectivity index (χ3n) is 3.21. The molecular weight excluding hydrogens is 290 g/mol. The molecule has 0 saturated heterocycles. The third-order valence-corrected chi connectivity index (χ3v) is 3.41. The maximum atomic E-state index is 12.0. The Kier molecular flexibility index (Phi) is 7.15. The molecular formula is C15H22ClN3O2. The molecule has 0 bridgehead atoms. The van der Waals surface area contributed by atoms with Gasteiger partial charge in [-0.05, 0) is 32.4 Å². The third kappa shape index (κ3) is 5.34. The Balaban J connectivity index is 2.54. The van der Waals surface area contributed by atoms with Crippen molar-refractivity contribution in [3.8, 4) is 0 Å². The number of hydrogen-bond donors (Lipinski definition) is 1. The maximum absolute atomic E-state index is 12.0. The summed E-state index contributed by atoms with van der Waals surface area (Å²) in [5.74, 6) is -0.191. The average Bonchev–Trinajstić information content (AvgIpc) is 2.47. The molecule has 0 aliphatic heterocycles. The van der Waals surface area contributed by atoms with Crippen molar-refractivity contribution in [1.29, 1.82) is 0 Å². The fourth-order valence-corrected chi connectivity index (χ4v) is 2.21. The van der Waals surface area contributed by atoms with Crippen molar-refractivity contribution in [1.82, 2.24) is 15.2 Å². The summed E-state index contributed by atoms with van der Waals surface area (Å²) in [4.78, 5) is 29.7. The van der Waals surface area contributed by atoms with Gasteiger partial charge in [0.1, 0.15) is 5.15 Å². The summed E-state index contributed by atoms with van der Waals surface area (Å²) in [5.41, 5.74) is 1.24. The molecule has 21 heavy (non-hydrogen) atoms. The highest BCUT2D eigenvalue weighted by Gasteiger charge is 2.12. The first-order chi connectivity index (χ1) is 10.0. The SMILES string of the molecule is CCc1cc(C(=O)NCCC(=O)N(CC)CC)cc(Cl)n1. The first-order valence-electron chi connectivity index (χ1n) is 7.24. The zero-order valence-electron chi connectivity index (χ0n) is 12.8. The van der Waals surface area contributed by atoms with E-state index in [9.17, 15) is 9.59 Å². The Hall–Kier alpha value is -1.62. The molecule has 116 valence electrons. The first kappa shape index (κ1) is 17.4. The molecule has 0 spiro atoms. The van der Waals surface area contributed by atoms with Gasteiger partial charge in [0.05, 0.1) is 0 Å². The van der Waals surface area contributed by atoms with Crippen molar-refractivity contribution in [3.05, 3.63) is 28.5 Å². The number of amides is 2.